The number of fused-ring (bicyclic) bond motifs is 1. The largest absolute Gasteiger partial charge is 0.492 e. The van der Waals surface area contributed by atoms with Gasteiger partial charge in [0.2, 0.25) is 0 Å². The zero-order valence-corrected chi connectivity index (χ0v) is 17.2. The molecule has 0 aliphatic rings. The number of benzene rings is 1. The van der Waals surface area contributed by atoms with Gasteiger partial charge in [-0.3, -0.25) is 0 Å². The van der Waals surface area contributed by atoms with Crippen molar-refractivity contribution in [1.29, 1.82) is 0 Å². The summed E-state index contributed by atoms with van der Waals surface area (Å²) in [4.78, 5) is 25.2. The van der Waals surface area contributed by atoms with Crippen LogP contribution in [0.5, 0.6) is 5.75 Å². The predicted octanol–water partition coefficient (Wildman–Crippen LogP) is 4.57. The molecule has 4 aromatic rings. The summed E-state index contributed by atoms with van der Waals surface area (Å²) in [5, 5.41) is 12.7. The van der Waals surface area contributed by atoms with E-state index in [4.69, 9.17) is 4.74 Å². The smallest absolute Gasteiger partial charge is 0.349 e. The van der Waals surface area contributed by atoms with Crippen molar-refractivity contribution >= 4 is 44.7 Å². The zero-order valence-electron chi connectivity index (χ0n) is 15.6. The number of ether oxygens (including phenoxy) is 1. The van der Waals surface area contributed by atoms with Gasteiger partial charge in [-0.15, -0.1) is 22.7 Å². The van der Waals surface area contributed by atoms with Crippen molar-refractivity contribution < 1.29 is 14.6 Å². The highest BCUT2D eigenvalue weighted by Gasteiger charge is 2.18. The van der Waals surface area contributed by atoms with Gasteiger partial charge in [-0.1, -0.05) is 6.07 Å². The fraction of sp³-hybridized carbons (Fsp3) is 0.200. The van der Waals surface area contributed by atoms with E-state index in [0.717, 1.165) is 28.2 Å². The molecule has 0 bridgehead atoms. The molecule has 4 rings (SSSR count). The number of thiazole rings is 1. The highest BCUT2D eigenvalue weighted by Crippen LogP contribution is 2.36. The van der Waals surface area contributed by atoms with E-state index in [1.54, 1.807) is 17.4 Å². The average Bonchev–Trinajstić information content (AvgIpc) is 3.35. The molecule has 148 valence electrons. The van der Waals surface area contributed by atoms with Crippen LogP contribution in [0.1, 0.15) is 22.2 Å². The maximum Gasteiger partial charge on any atom is 0.349 e. The Kier molecular flexibility index (Phi) is 5.68. The van der Waals surface area contributed by atoms with E-state index in [9.17, 15) is 9.90 Å². The molecule has 29 heavy (non-hydrogen) atoms. The van der Waals surface area contributed by atoms with Gasteiger partial charge in [0.1, 0.15) is 17.9 Å². The maximum atomic E-state index is 11.4. The fourth-order valence-electron chi connectivity index (χ4n) is 2.89. The Morgan fingerprint density at radius 3 is 2.93 bits per heavy atom. The van der Waals surface area contributed by atoms with Crippen molar-refractivity contribution in [3.63, 3.8) is 0 Å². The summed E-state index contributed by atoms with van der Waals surface area (Å²) in [5.74, 6) is 0.0488. The van der Waals surface area contributed by atoms with E-state index in [2.05, 4.69) is 38.5 Å². The normalized spacial score (nSPS) is 10.9. The predicted molar refractivity (Wildman–Crippen MR) is 115 cm³/mol. The first kappa shape index (κ1) is 19.3. The van der Waals surface area contributed by atoms with Gasteiger partial charge in [0.15, 0.2) is 4.88 Å². The van der Waals surface area contributed by atoms with Crippen LogP contribution >= 0.6 is 22.7 Å². The van der Waals surface area contributed by atoms with Gasteiger partial charge in [-0.05, 0) is 31.0 Å². The first-order valence-electron chi connectivity index (χ1n) is 9.02. The number of hydrogen-bond acceptors (Lipinski definition) is 8. The lowest BCUT2D eigenvalue weighted by Crippen LogP contribution is -2.06. The Labute approximate surface area is 175 Å². The van der Waals surface area contributed by atoms with Crippen molar-refractivity contribution in [3.8, 4) is 16.3 Å². The van der Waals surface area contributed by atoms with E-state index >= 15 is 0 Å². The summed E-state index contributed by atoms with van der Waals surface area (Å²) in [5.41, 5.74) is 4.74. The number of hydrogen-bond donors (Lipinski definition) is 2. The Morgan fingerprint density at radius 1 is 1.21 bits per heavy atom. The third-order valence-corrected chi connectivity index (χ3v) is 6.16. The minimum absolute atomic E-state index is 0.174. The molecular weight excluding hydrogens is 408 g/mol. The molecule has 0 aliphatic heterocycles. The number of rotatable bonds is 8. The molecule has 2 N–H and O–H groups in total. The van der Waals surface area contributed by atoms with E-state index in [0.29, 0.717) is 30.4 Å². The molecule has 7 nitrogen and oxygen atoms in total. The highest BCUT2D eigenvalue weighted by molar-refractivity contribution is 7.17. The third kappa shape index (κ3) is 4.36. The Morgan fingerprint density at radius 2 is 2.10 bits per heavy atom. The number of thiophene rings is 1. The lowest BCUT2D eigenvalue weighted by Gasteiger charge is -2.06. The standard InChI is InChI=1S/C20H18N4O3S2/c1-2-27-15-9-17(29-19(15)20(25)26)14-8-18(23-10-22-14)21-6-5-12-3-4-16-13(7-12)24-11-28-16/h3-4,7-11H,2,5-6H2,1H3,(H,25,26)(H,21,22,23). The molecule has 0 radical (unpaired) electrons. The maximum absolute atomic E-state index is 11.4. The summed E-state index contributed by atoms with van der Waals surface area (Å²) in [6.07, 6.45) is 2.31. The van der Waals surface area contributed by atoms with Crippen molar-refractivity contribution in [2.45, 2.75) is 13.3 Å². The highest BCUT2D eigenvalue weighted by atomic mass is 32.1. The SMILES string of the molecule is CCOc1cc(-c2cc(NCCc3ccc4scnc4c3)ncn2)sc1C(=O)O. The molecule has 0 unspecified atom stereocenters. The molecule has 3 heterocycles. The second kappa shape index (κ2) is 8.54. The van der Waals surface area contributed by atoms with Gasteiger partial charge in [0.25, 0.3) is 0 Å². The van der Waals surface area contributed by atoms with Crippen LogP contribution in [0.2, 0.25) is 0 Å². The molecule has 0 saturated heterocycles. The lowest BCUT2D eigenvalue weighted by molar-refractivity contribution is 0.0698. The summed E-state index contributed by atoms with van der Waals surface area (Å²) in [6, 6.07) is 9.84. The van der Waals surface area contributed by atoms with Gasteiger partial charge < -0.3 is 15.2 Å². The van der Waals surface area contributed by atoms with E-state index in [-0.39, 0.29) is 4.88 Å². The summed E-state index contributed by atoms with van der Waals surface area (Å²) in [7, 11) is 0. The van der Waals surface area contributed by atoms with Crippen molar-refractivity contribution in [2.24, 2.45) is 0 Å². The van der Waals surface area contributed by atoms with Crippen molar-refractivity contribution in [1.82, 2.24) is 15.0 Å². The van der Waals surface area contributed by atoms with Crippen LogP contribution in [0.4, 0.5) is 5.82 Å². The van der Waals surface area contributed by atoms with Gasteiger partial charge in [-0.2, -0.15) is 0 Å². The average molecular weight is 427 g/mol. The van der Waals surface area contributed by atoms with E-state index in [1.807, 2.05) is 18.5 Å². The molecule has 0 aliphatic carbocycles. The topological polar surface area (TPSA) is 97.2 Å². The fourth-order valence-corrected chi connectivity index (χ4v) is 4.46. The monoisotopic (exact) mass is 426 g/mol. The Bertz CT molecular complexity index is 1160. The lowest BCUT2D eigenvalue weighted by atomic mass is 10.1. The number of carbonyl (C=O) groups is 1. The minimum atomic E-state index is -1.01. The zero-order chi connectivity index (χ0) is 20.2. The first-order valence-corrected chi connectivity index (χ1v) is 10.7. The molecule has 1 aromatic carbocycles. The summed E-state index contributed by atoms with van der Waals surface area (Å²) >= 11 is 2.78. The van der Waals surface area contributed by atoms with E-state index < -0.39 is 5.97 Å². The van der Waals surface area contributed by atoms with Crippen LogP contribution < -0.4 is 10.1 Å². The van der Waals surface area contributed by atoms with Crippen molar-refractivity contribution in [2.75, 3.05) is 18.5 Å². The Balaban J connectivity index is 1.45. The van der Waals surface area contributed by atoms with Crippen LogP contribution in [0.3, 0.4) is 0 Å². The quantitative estimate of drug-likeness (QED) is 0.426. The molecule has 0 fully saturated rings. The van der Waals surface area contributed by atoms with Crippen molar-refractivity contribution in [3.05, 3.63) is 52.6 Å². The number of aromatic carboxylic acids is 1. The van der Waals surface area contributed by atoms with Crippen LogP contribution in [0, 0.1) is 0 Å². The molecular formula is C20H18N4O3S2. The minimum Gasteiger partial charge on any atom is -0.492 e. The van der Waals surface area contributed by atoms with Gasteiger partial charge >= 0.3 is 5.97 Å². The van der Waals surface area contributed by atoms with Crippen LogP contribution in [0.25, 0.3) is 20.8 Å². The van der Waals surface area contributed by atoms with Crippen LogP contribution in [0.15, 0.2) is 42.2 Å². The number of carboxylic acid groups (broad SMARTS) is 1. The second-order valence-electron chi connectivity index (χ2n) is 6.16. The second-order valence-corrected chi connectivity index (χ2v) is 8.10. The number of nitrogens with one attached hydrogen (secondary N) is 1. The number of carboxylic acids is 1. The Hall–Kier alpha value is -3.04. The molecule has 0 spiro atoms. The van der Waals surface area contributed by atoms with Gasteiger partial charge in [-0.25, -0.2) is 19.7 Å². The van der Waals surface area contributed by atoms with E-state index in [1.165, 1.54) is 16.6 Å². The van der Waals surface area contributed by atoms with Crippen LogP contribution in [-0.2, 0) is 6.42 Å². The van der Waals surface area contributed by atoms with Crippen LogP contribution in [-0.4, -0.2) is 39.2 Å². The number of anilines is 1. The molecule has 3 aromatic heterocycles. The first-order chi connectivity index (χ1) is 14.1. The summed E-state index contributed by atoms with van der Waals surface area (Å²) < 4.78 is 6.62. The van der Waals surface area contributed by atoms with Gasteiger partial charge in [0.05, 0.1) is 32.9 Å². The molecule has 9 heteroatoms. The molecule has 0 atom stereocenters. The number of nitrogens with zero attached hydrogens (tertiary/aromatic N) is 3. The number of aromatic nitrogens is 3. The molecule has 0 saturated carbocycles. The van der Waals surface area contributed by atoms with Gasteiger partial charge in [0, 0.05) is 18.7 Å². The third-order valence-electron chi connectivity index (χ3n) is 4.23. The molecule has 0 amide bonds. The summed E-state index contributed by atoms with van der Waals surface area (Å²) in [6.45, 7) is 2.93.